The smallest absolute Gasteiger partial charge is 0.255 e. The van der Waals surface area contributed by atoms with E-state index < -0.39 is 5.41 Å². The van der Waals surface area contributed by atoms with Gasteiger partial charge in [-0.25, -0.2) is 5.01 Å². The zero-order chi connectivity index (χ0) is 21.9. The van der Waals surface area contributed by atoms with E-state index in [1.165, 1.54) is 0 Å². The van der Waals surface area contributed by atoms with Crippen LogP contribution in [0.15, 0.2) is 23.3 Å². The number of halogens is 1. The first-order chi connectivity index (χ1) is 14.4. The van der Waals surface area contributed by atoms with Gasteiger partial charge in [-0.05, 0) is 43.9 Å². The highest BCUT2D eigenvalue weighted by molar-refractivity contribution is 6.27. The molecule has 2 aliphatic rings. The first-order valence-electron chi connectivity index (χ1n) is 10.4. The van der Waals surface area contributed by atoms with Crippen molar-refractivity contribution in [3.05, 3.63) is 23.8 Å². The van der Waals surface area contributed by atoms with Crippen molar-refractivity contribution < 1.29 is 19.1 Å². The number of rotatable bonds is 7. The van der Waals surface area contributed by atoms with E-state index >= 15 is 0 Å². The van der Waals surface area contributed by atoms with Gasteiger partial charge >= 0.3 is 0 Å². The van der Waals surface area contributed by atoms with Gasteiger partial charge in [-0.15, -0.1) is 11.6 Å². The van der Waals surface area contributed by atoms with Crippen LogP contribution in [0.3, 0.4) is 0 Å². The highest BCUT2D eigenvalue weighted by Crippen LogP contribution is 2.42. The van der Waals surface area contributed by atoms with Crippen molar-refractivity contribution >= 4 is 29.1 Å². The van der Waals surface area contributed by atoms with Gasteiger partial charge in [0.15, 0.2) is 11.5 Å². The summed E-state index contributed by atoms with van der Waals surface area (Å²) in [7, 11) is 3.19. The average molecular weight is 436 g/mol. The van der Waals surface area contributed by atoms with Gasteiger partial charge in [-0.3, -0.25) is 9.59 Å². The van der Waals surface area contributed by atoms with Crippen LogP contribution in [0.5, 0.6) is 11.5 Å². The molecule has 1 saturated heterocycles. The SMILES string of the molecule is CCC1(CC)C(=O)N(C2CCN(C(=O)CCl)CC2)N=C1c1ccc(OC)c(OC)c1. The molecule has 1 fully saturated rings. The molecule has 0 N–H and O–H groups in total. The van der Waals surface area contributed by atoms with Crippen molar-refractivity contribution in [3.63, 3.8) is 0 Å². The summed E-state index contributed by atoms with van der Waals surface area (Å²) in [4.78, 5) is 27.2. The van der Waals surface area contributed by atoms with Gasteiger partial charge in [0.2, 0.25) is 5.91 Å². The van der Waals surface area contributed by atoms with Crippen LogP contribution in [0.1, 0.15) is 45.1 Å². The van der Waals surface area contributed by atoms with Crippen LogP contribution in [-0.4, -0.2) is 66.7 Å². The first-order valence-corrected chi connectivity index (χ1v) is 11.0. The third-order valence-electron chi connectivity index (χ3n) is 6.42. The number of hydrogen-bond donors (Lipinski definition) is 0. The third-order valence-corrected chi connectivity index (χ3v) is 6.65. The molecular weight excluding hydrogens is 406 g/mol. The number of alkyl halides is 1. The minimum absolute atomic E-state index is 0.0102. The van der Waals surface area contributed by atoms with Gasteiger partial charge in [0.25, 0.3) is 5.91 Å². The lowest BCUT2D eigenvalue weighted by Crippen LogP contribution is -2.48. The summed E-state index contributed by atoms with van der Waals surface area (Å²) >= 11 is 5.68. The summed E-state index contributed by atoms with van der Waals surface area (Å²) in [5.74, 6) is 1.22. The average Bonchev–Trinajstić information content (AvgIpc) is 3.10. The second-order valence-electron chi connectivity index (χ2n) is 7.70. The lowest BCUT2D eigenvalue weighted by molar-refractivity contribution is -0.140. The molecule has 0 spiro atoms. The molecule has 7 nitrogen and oxygen atoms in total. The van der Waals surface area contributed by atoms with E-state index in [9.17, 15) is 9.59 Å². The van der Waals surface area contributed by atoms with E-state index in [0.717, 1.165) is 11.3 Å². The predicted octanol–water partition coefficient (Wildman–Crippen LogP) is 3.29. The molecule has 1 aromatic rings. The van der Waals surface area contributed by atoms with Crippen molar-refractivity contribution in [3.8, 4) is 11.5 Å². The van der Waals surface area contributed by atoms with E-state index in [0.29, 0.717) is 50.3 Å². The van der Waals surface area contributed by atoms with Crippen LogP contribution in [0.25, 0.3) is 0 Å². The maximum Gasteiger partial charge on any atom is 0.255 e. The molecular formula is C22H30ClN3O4. The molecule has 0 aromatic heterocycles. The van der Waals surface area contributed by atoms with Crippen LogP contribution < -0.4 is 9.47 Å². The summed E-state index contributed by atoms with van der Waals surface area (Å²) in [5, 5.41) is 6.52. The summed E-state index contributed by atoms with van der Waals surface area (Å²) in [5.41, 5.74) is 0.975. The Balaban J connectivity index is 1.93. The molecule has 0 unspecified atom stereocenters. The van der Waals surface area contributed by atoms with E-state index in [-0.39, 0.29) is 23.7 Å². The number of amides is 2. The van der Waals surface area contributed by atoms with Gasteiger partial charge in [0, 0.05) is 18.7 Å². The topological polar surface area (TPSA) is 71.4 Å². The van der Waals surface area contributed by atoms with Gasteiger partial charge in [0.1, 0.15) is 5.88 Å². The van der Waals surface area contributed by atoms with E-state index in [2.05, 4.69) is 0 Å². The van der Waals surface area contributed by atoms with Crippen molar-refractivity contribution in [1.82, 2.24) is 9.91 Å². The number of hydrogen-bond acceptors (Lipinski definition) is 5. The van der Waals surface area contributed by atoms with Gasteiger partial charge in [-0.1, -0.05) is 13.8 Å². The quantitative estimate of drug-likeness (QED) is 0.616. The summed E-state index contributed by atoms with van der Waals surface area (Å²) in [6, 6.07) is 5.64. The third kappa shape index (κ3) is 3.75. The maximum absolute atomic E-state index is 13.6. The fourth-order valence-corrected chi connectivity index (χ4v) is 4.64. The molecule has 2 heterocycles. The molecule has 0 radical (unpaired) electrons. The van der Waals surface area contributed by atoms with E-state index in [1.54, 1.807) is 24.1 Å². The number of methoxy groups -OCH3 is 2. The standard InChI is InChI=1S/C22H30ClN3O4/c1-5-22(6-2)20(15-7-8-17(29-3)18(13-15)30-4)24-26(21(22)28)16-9-11-25(12-10-16)19(27)14-23/h7-8,13,16H,5-6,9-12,14H2,1-4H3. The summed E-state index contributed by atoms with van der Waals surface area (Å²) < 4.78 is 10.8. The fourth-order valence-electron chi connectivity index (χ4n) is 4.47. The number of likely N-dealkylation sites (tertiary alicyclic amines) is 1. The molecule has 2 aliphatic heterocycles. The Hall–Kier alpha value is -2.28. The molecule has 8 heteroatoms. The number of ether oxygens (including phenoxy) is 2. The second-order valence-corrected chi connectivity index (χ2v) is 7.97. The molecule has 0 saturated carbocycles. The predicted molar refractivity (Wildman–Crippen MR) is 116 cm³/mol. The van der Waals surface area contributed by atoms with Crippen molar-refractivity contribution in [1.29, 1.82) is 0 Å². The molecule has 3 rings (SSSR count). The van der Waals surface area contributed by atoms with Gasteiger partial charge in [-0.2, -0.15) is 5.10 Å². The Kier molecular flexibility index (Phi) is 6.91. The number of nitrogens with zero attached hydrogens (tertiary/aromatic N) is 3. The molecule has 164 valence electrons. The molecule has 0 bridgehead atoms. The highest BCUT2D eigenvalue weighted by atomic mass is 35.5. The second kappa shape index (κ2) is 9.25. The molecule has 1 aromatic carbocycles. The highest BCUT2D eigenvalue weighted by Gasteiger charge is 2.51. The molecule has 0 atom stereocenters. The van der Waals surface area contributed by atoms with E-state index in [4.69, 9.17) is 26.2 Å². The minimum Gasteiger partial charge on any atom is -0.493 e. The van der Waals surface area contributed by atoms with Crippen molar-refractivity contribution in [2.45, 2.75) is 45.6 Å². The van der Waals surface area contributed by atoms with Crippen LogP contribution in [-0.2, 0) is 9.59 Å². The molecule has 2 amide bonds. The zero-order valence-electron chi connectivity index (χ0n) is 18.1. The molecule has 0 aliphatic carbocycles. The normalized spacial score (nSPS) is 19.1. The Morgan fingerprint density at radius 2 is 1.80 bits per heavy atom. The maximum atomic E-state index is 13.6. The van der Waals surface area contributed by atoms with Crippen LogP contribution >= 0.6 is 11.6 Å². The molecule has 30 heavy (non-hydrogen) atoms. The largest absolute Gasteiger partial charge is 0.493 e. The minimum atomic E-state index is -0.664. The number of hydrazone groups is 1. The fraction of sp³-hybridized carbons (Fsp3) is 0.591. The Morgan fingerprint density at radius 3 is 2.33 bits per heavy atom. The summed E-state index contributed by atoms with van der Waals surface area (Å²) in [6.45, 7) is 5.24. The number of piperidine rings is 1. The van der Waals surface area contributed by atoms with Gasteiger partial charge in [0.05, 0.1) is 31.4 Å². The van der Waals surface area contributed by atoms with E-state index in [1.807, 2.05) is 32.0 Å². The van der Waals surface area contributed by atoms with Gasteiger partial charge < -0.3 is 14.4 Å². The van der Waals surface area contributed by atoms with Crippen LogP contribution in [0.2, 0.25) is 0 Å². The van der Waals surface area contributed by atoms with Crippen LogP contribution in [0, 0.1) is 5.41 Å². The monoisotopic (exact) mass is 435 g/mol. The summed E-state index contributed by atoms with van der Waals surface area (Å²) in [6.07, 6.45) is 2.71. The Morgan fingerprint density at radius 1 is 1.17 bits per heavy atom. The zero-order valence-corrected chi connectivity index (χ0v) is 18.9. The number of carbonyl (C=O) groups excluding carboxylic acids is 2. The lowest BCUT2D eigenvalue weighted by Gasteiger charge is -2.36. The number of benzene rings is 1. The Bertz CT molecular complexity index is 830. The first kappa shape index (κ1) is 22.4. The lowest BCUT2D eigenvalue weighted by atomic mass is 9.75. The van der Waals surface area contributed by atoms with Crippen molar-refractivity contribution in [2.24, 2.45) is 10.5 Å². The van der Waals surface area contributed by atoms with Crippen molar-refractivity contribution in [2.75, 3.05) is 33.2 Å². The Labute approximate surface area is 182 Å². The number of carbonyl (C=O) groups is 2. The van der Waals surface area contributed by atoms with Crippen LogP contribution in [0.4, 0.5) is 0 Å².